The first-order valence-electron chi connectivity index (χ1n) is 8.38. The Morgan fingerprint density at radius 2 is 1.50 bits per heavy atom. The molecule has 28 heavy (non-hydrogen) atoms. The Balaban J connectivity index is 1.59. The average molecular weight is 413 g/mol. The highest BCUT2D eigenvalue weighted by atomic mass is 35.5. The molecule has 0 aromatic heterocycles. The lowest BCUT2D eigenvalue weighted by atomic mass is 10.3. The normalized spacial score (nSPS) is 11.0. The Kier molecular flexibility index (Phi) is 6.94. The van der Waals surface area contributed by atoms with E-state index >= 15 is 0 Å². The molecule has 0 aliphatic carbocycles. The number of para-hydroxylation sites is 1. The topological polar surface area (TPSA) is 59.9 Å². The van der Waals surface area contributed by atoms with Crippen LogP contribution in [0.5, 0.6) is 11.5 Å². The van der Waals surface area contributed by atoms with Crippen molar-refractivity contribution >= 4 is 39.9 Å². The Labute approximate surface area is 172 Å². The lowest BCUT2D eigenvalue weighted by Gasteiger charge is -2.07. The maximum Gasteiger partial charge on any atom is 0.186 e. The molecule has 0 amide bonds. The first-order valence-corrected chi connectivity index (χ1v) is 9.57. The van der Waals surface area contributed by atoms with Gasteiger partial charge in [-0.15, -0.1) is 0 Å². The van der Waals surface area contributed by atoms with Crippen LogP contribution in [0.15, 0.2) is 88.9 Å². The van der Waals surface area contributed by atoms with E-state index in [0.717, 1.165) is 4.90 Å². The minimum atomic E-state index is -0.135. The van der Waals surface area contributed by atoms with Gasteiger partial charge in [-0.2, -0.15) is 5.10 Å². The first-order chi connectivity index (χ1) is 13.6. The number of carbonyl (C=O) groups excluding carboxylic acids is 1. The van der Waals surface area contributed by atoms with Crippen molar-refractivity contribution < 1.29 is 14.6 Å². The zero-order valence-electron chi connectivity index (χ0n) is 15.0. The largest absolute Gasteiger partial charge is 0.292 e. The molecule has 3 aromatic carbocycles. The predicted octanol–water partition coefficient (Wildman–Crippen LogP) is 5.82. The fourth-order valence-corrected chi connectivity index (χ4v) is 2.92. The van der Waals surface area contributed by atoms with Gasteiger partial charge in [-0.3, -0.25) is 20.0 Å². The van der Waals surface area contributed by atoms with Crippen molar-refractivity contribution in [2.24, 2.45) is 5.10 Å². The van der Waals surface area contributed by atoms with Gasteiger partial charge in [0, 0.05) is 16.8 Å². The number of anilines is 1. The van der Waals surface area contributed by atoms with Crippen LogP contribution in [0.4, 0.5) is 5.69 Å². The molecule has 142 valence electrons. The monoisotopic (exact) mass is 412 g/mol. The molecule has 0 bridgehead atoms. The minimum Gasteiger partial charge on any atom is -0.292 e. The molecule has 0 unspecified atom stereocenters. The Hall–Kier alpha value is -2.96. The van der Waals surface area contributed by atoms with Crippen LogP contribution < -0.4 is 15.2 Å². The van der Waals surface area contributed by atoms with E-state index in [1.54, 1.807) is 48.5 Å². The molecule has 0 saturated carbocycles. The van der Waals surface area contributed by atoms with E-state index in [9.17, 15) is 4.79 Å². The molecule has 1 N–H and O–H groups in total. The van der Waals surface area contributed by atoms with E-state index in [2.05, 4.69) is 10.5 Å². The van der Waals surface area contributed by atoms with Gasteiger partial charge in [0.05, 0.1) is 5.69 Å². The third-order valence-corrected chi connectivity index (χ3v) is 4.78. The smallest absolute Gasteiger partial charge is 0.186 e. The highest BCUT2D eigenvalue weighted by Crippen LogP contribution is 2.23. The third-order valence-electron chi connectivity index (χ3n) is 3.45. The average Bonchev–Trinajstić information content (AvgIpc) is 2.72. The molecular formula is C21H17ClN2O3S. The van der Waals surface area contributed by atoms with Gasteiger partial charge in [-0.05, 0) is 60.7 Å². The molecule has 7 heteroatoms. The van der Waals surface area contributed by atoms with Gasteiger partial charge in [0.25, 0.3) is 0 Å². The van der Waals surface area contributed by atoms with E-state index in [4.69, 9.17) is 21.4 Å². The summed E-state index contributed by atoms with van der Waals surface area (Å²) in [5.41, 5.74) is 3.59. The molecule has 3 rings (SSSR count). The first kappa shape index (κ1) is 19.8. The van der Waals surface area contributed by atoms with Crippen molar-refractivity contribution in [3.8, 4) is 11.5 Å². The van der Waals surface area contributed by atoms with Crippen molar-refractivity contribution in [1.29, 1.82) is 0 Å². The third kappa shape index (κ3) is 6.04. The van der Waals surface area contributed by atoms with Gasteiger partial charge in [0.1, 0.15) is 0 Å². The number of hydrogen-bond donors (Lipinski definition) is 1. The number of Topliss-reactive ketones (excluding diaryl/α,β-unsaturated/α-hetero) is 1. The number of thioether (sulfide) groups is 1. The molecule has 0 aliphatic heterocycles. The quantitative estimate of drug-likeness (QED) is 0.174. The summed E-state index contributed by atoms with van der Waals surface area (Å²) >= 11 is 7.15. The second-order valence-corrected chi connectivity index (χ2v) is 7.14. The number of ketones is 1. The maximum atomic E-state index is 11.9. The Morgan fingerprint density at radius 3 is 2.11 bits per heavy atom. The minimum absolute atomic E-state index is 0.135. The summed E-state index contributed by atoms with van der Waals surface area (Å²) in [4.78, 5) is 23.2. The van der Waals surface area contributed by atoms with Gasteiger partial charge in [-0.1, -0.05) is 41.6 Å². The van der Waals surface area contributed by atoms with E-state index in [-0.39, 0.29) is 5.78 Å². The van der Waals surface area contributed by atoms with E-state index in [1.807, 2.05) is 30.3 Å². The van der Waals surface area contributed by atoms with E-state index in [1.165, 1.54) is 18.7 Å². The van der Waals surface area contributed by atoms with E-state index < -0.39 is 0 Å². The number of carbonyl (C=O) groups is 1. The standard InChI is InChI=1S/C21H17ClN2O3S/c1-15(25)21(28-20-13-7-16(22)8-14-20)24-23-17-9-11-19(12-10-17)27-26-18-5-3-2-4-6-18/h2-14,23H,1H3. The molecule has 0 atom stereocenters. The van der Waals surface area contributed by atoms with Crippen LogP contribution in [0, 0.1) is 0 Å². The van der Waals surface area contributed by atoms with Gasteiger partial charge in [-0.25, -0.2) is 0 Å². The SMILES string of the molecule is CC(=O)C(=NNc1ccc(OOc2ccccc2)cc1)Sc1ccc(Cl)cc1. The summed E-state index contributed by atoms with van der Waals surface area (Å²) in [6.07, 6.45) is 0. The molecule has 0 spiro atoms. The highest BCUT2D eigenvalue weighted by Gasteiger charge is 2.09. The molecule has 5 nitrogen and oxygen atoms in total. The summed E-state index contributed by atoms with van der Waals surface area (Å²) in [6, 6.07) is 23.5. The molecule has 0 heterocycles. The number of nitrogens with zero attached hydrogens (tertiary/aromatic N) is 1. The summed E-state index contributed by atoms with van der Waals surface area (Å²) in [5, 5.41) is 5.19. The zero-order chi connectivity index (χ0) is 19.8. The molecular weight excluding hydrogens is 396 g/mol. The van der Waals surface area contributed by atoms with Gasteiger partial charge in [0.15, 0.2) is 22.3 Å². The van der Waals surface area contributed by atoms with Crippen molar-refractivity contribution in [2.45, 2.75) is 11.8 Å². The Bertz CT molecular complexity index is 946. The fraction of sp³-hybridized carbons (Fsp3) is 0.0476. The molecule has 0 fully saturated rings. The van der Waals surface area contributed by atoms with Crippen molar-refractivity contribution in [3.63, 3.8) is 0 Å². The van der Waals surface area contributed by atoms with Crippen LogP contribution in [-0.2, 0) is 4.79 Å². The molecule has 0 aliphatic rings. The summed E-state index contributed by atoms with van der Waals surface area (Å²) in [5.74, 6) is 1.02. The predicted molar refractivity (Wildman–Crippen MR) is 113 cm³/mol. The second kappa shape index (κ2) is 9.82. The van der Waals surface area contributed by atoms with Crippen LogP contribution in [0.2, 0.25) is 5.02 Å². The molecule has 0 radical (unpaired) electrons. The lowest BCUT2D eigenvalue weighted by molar-refractivity contribution is -0.110. The summed E-state index contributed by atoms with van der Waals surface area (Å²) in [6.45, 7) is 1.47. The Morgan fingerprint density at radius 1 is 0.893 bits per heavy atom. The summed E-state index contributed by atoms with van der Waals surface area (Å²) < 4.78 is 0. The second-order valence-electron chi connectivity index (χ2n) is 5.65. The number of hydrazone groups is 1. The number of halogens is 1. The van der Waals surface area contributed by atoms with Gasteiger partial charge >= 0.3 is 0 Å². The maximum absolute atomic E-state index is 11.9. The number of rotatable bonds is 7. The zero-order valence-corrected chi connectivity index (χ0v) is 16.5. The fourth-order valence-electron chi connectivity index (χ4n) is 2.06. The van der Waals surface area contributed by atoms with Crippen LogP contribution in [0.1, 0.15) is 6.92 Å². The number of hydrogen-bond acceptors (Lipinski definition) is 6. The number of benzene rings is 3. The van der Waals surface area contributed by atoms with Crippen LogP contribution >= 0.6 is 23.4 Å². The highest BCUT2D eigenvalue weighted by molar-refractivity contribution is 8.15. The molecule has 0 saturated heterocycles. The number of nitrogens with one attached hydrogen (secondary N) is 1. The summed E-state index contributed by atoms with van der Waals surface area (Å²) in [7, 11) is 0. The van der Waals surface area contributed by atoms with E-state index in [0.29, 0.717) is 27.3 Å². The van der Waals surface area contributed by atoms with Crippen LogP contribution in [-0.4, -0.2) is 10.8 Å². The molecule has 3 aromatic rings. The van der Waals surface area contributed by atoms with Crippen LogP contribution in [0.3, 0.4) is 0 Å². The lowest BCUT2D eigenvalue weighted by Crippen LogP contribution is -2.08. The van der Waals surface area contributed by atoms with Crippen molar-refractivity contribution in [1.82, 2.24) is 0 Å². The van der Waals surface area contributed by atoms with Crippen molar-refractivity contribution in [3.05, 3.63) is 83.9 Å². The van der Waals surface area contributed by atoms with Crippen LogP contribution in [0.25, 0.3) is 0 Å². The van der Waals surface area contributed by atoms with Gasteiger partial charge < -0.3 is 0 Å². The van der Waals surface area contributed by atoms with Gasteiger partial charge in [0.2, 0.25) is 0 Å². The van der Waals surface area contributed by atoms with Crippen molar-refractivity contribution in [2.75, 3.05) is 5.43 Å².